The number of nitrogens with zero attached hydrogens (tertiary/aromatic N) is 1. The van der Waals surface area contributed by atoms with Gasteiger partial charge in [0, 0.05) is 30.5 Å². The lowest BCUT2D eigenvalue weighted by molar-refractivity contribution is 0.363. The molecule has 0 aromatic heterocycles. The monoisotopic (exact) mass is 395 g/mol. The highest BCUT2D eigenvalue weighted by Gasteiger charge is 2.12. The SMILES string of the molecule is C=CCOc1cccc(NC(=S)NC(C)c2ccc(N3CCCCC3)cc2)c1. The summed E-state index contributed by atoms with van der Waals surface area (Å²) in [6.07, 6.45) is 5.66. The maximum absolute atomic E-state index is 5.56. The summed E-state index contributed by atoms with van der Waals surface area (Å²) in [5.74, 6) is 0.786. The number of benzene rings is 2. The Morgan fingerprint density at radius 2 is 1.93 bits per heavy atom. The molecule has 4 nitrogen and oxygen atoms in total. The standard InChI is InChI=1S/C23H29N3OS/c1-3-16-27-22-9-7-8-20(17-22)25-23(28)24-18(2)19-10-12-21(13-11-19)26-14-5-4-6-15-26/h3,7-13,17-18H,1,4-6,14-16H2,2H3,(H2,24,25,28). The Balaban J connectivity index is 1.54. The molecular weight excluding hydrogens is 366 g/mol. The number of hydrogen-bond donors (Lipinski definition) is 2. The second kappa shape index (κ2) is 10.1. The Kier molecular flexibility index (Phi) is 7.31. The number of hydrogen-bond acceptors (Lipinski definition) is 3. The van der Waals surface area contributed by atoms with Crippen molar-refractivity contribution in [3.8, 4) is 5.75 Å². The summed E-state index contributed by atoms with van der Waals surface area (Å²) < 4.78 is 5.56. The molecule has 0 saturated carbocycles. The van der Waals surface area contributed by atoms with Crippen LogP contribution in [0.15, 0.2) is 61.2 Å². The molecule has 1 atom stereocenters. The number of piperidine rings is 1. The number of anilines is 2. The van der Waals surface area contributed by atoms with Crippen LogP contribution >= 0.6 is 12.2 Å². The largest absolute Gasteiger partial charge is 0.489 e. The third kappa shape index (κ3) is 5.73. The molecule has 1 saturated heterocycles. The van der Waals surface area contributed by atoms with E-state index < -0.39 is 0 Å². The summed E-state index contributed by atoms with van der Waals surface area (Å²) >= 11 is 5.48. The summed E-state index contributed by atoms with van der Waals surface area (Å²) in [4.78, 5) is 2.47. The lowest BCUT2D eigenvalue weighted by atomic mass is 10.1. The number of nitrogens with one attached hydrogen (secondary N) is 2. The molecule has 0 bridgehead atoms. The van der Waals surface area contributed by atoms with E-state index in [1.165, 1.54) is 30.5 Å². The van der Waals surface area contributed by atoms with Crippen LogP contribution in [0.4, 0.5) is 11.4 Å². The highest BCUT2D eigenvalue weighted by molar-refractivity contribution is 7.80. The van der Waals surface area contributed by atoms with Gasteiger partial charge in [0.1, 0.15) is 12.4 Å². The molecule has 3 rings (SSSR count). The first-order valence-electron chi connectivity index (χ1n) is 9.92. The zero-order chi connectivity index (χ0) is 19.8. The molecule has 1 aliphatic rings. The van der Waals surface area contributed by atoms with Crippen LogP contribution in [-0.4, -0.2) is 24.8 Å². The van der Waals surface area contributed by atoms with Gasteiger partial charge >= 0.3 is 0 Å². The van der Waals surface area contributed by atoms with Crippen LogP contribution in [0.1, 0.15) is 37.8 Å². The van der Waals surface area contributed by atoms with Crippen LogP contribution < -0.4 is 20.3 Å². The van der Waals surface area contributed by atoms with Gasteiger partial charge < -0.3 is 20.3 Å². The predicted octanol–water partition coefficient (Wildman–Crippen LogP) is 5.29. The Morgan fingerprint density at radius 1 is 1.18 bits per heavy atom. The van der Waals surface area contributed by atoms with Crippen molar-refractivity contribution in [2.45, 2.75) is 32.2 Å². The van der Waals surface area contributed by atoms with Crippen LogP contribution in [0, 0.1) is 0 Å². The lowest BCUT2D eigenvalue weighted by Gasteiger charge is -2.29. The van der Waals surface area contributed by atoms with Crippen molar-refractivity contribution in [2.24, 2.45) is 0 Å². The van der Waals surface area contributed by atoms with Crippen molar-refractivity contribution in [1.82, 2.24) is 5.32 Å². The van der Waals surface area contributed by atoms with E-state index in [2.05, 4.69) is 53.3 Å². The fraction of sp³-hybridized carbons (Fsp3) is 0.348. The van der Waals surface area contributed by atoms with E-state index in [4.69, 9.17) is 17.0 Å². The van der Waals surface area contributed by atoms with Gasteiger partial charge in [-0.05, 0) is 68.2 Å². The maximum Gasteiger partial charge on any atom is 0.171 e. The molecule has 1 aliphatic heterocycles. The summed E-state index contributed by atoms with van der Waals surface area (Å²) in [5, 5.41) is 7.18. The Hall–Kier alpha value is -2.53. The van der Waals surface area contributed by atoms with E-state index in [0.29, 0.717) is 11.7 Å². The van der Waals surface area contributed by atoms with Crippen LogP contribution in [0.5, 0.6) is 5.75 Å². The molecule has 0 aliphatic carbocycles. The van der Waals surface area contributed by atoms with Gasteiger partial charge in [-0.1, -0.05) is 30.9 Å². The quantitative estimate of drug-likeness (QED) is 0.492. The highest BCUT2D eigenvalue weighted by atomic mass is 32.1. The lowest BCUT2D eigenvalue weighted by Crippen LogP contribution is -2.31. The van der Waals surface area contributed by atoms with Gasteiger partial charge in [0.25, 0.3) is 0 Å². The van der Waals surface area contributed by atoms with E-state index in [-0.39, 0.29) is 6.04 Å². The minimum atomic E-state index is 0.121. The summed E-state index contributed by atoms with van der Waals surface area (Å²) in [7, 11) is 0. The van der Waals surface area contributed by atoms with Gasteiger partial charge in [-0.3, -0.25) is 0 Å². The molecule has 0 radical (unpaired) electrons. The summed E-state index contributed by atoms with van der Waals surface area (Å²) in [6.45, 7) is 8.59. The number of ether oxygens (including phenoxy) is 1. The second-order valence-electron chi connectivity index (χ2n) is 7.09. The van der Waals surface area contributed by atoms with Gasteiger partial charge in [-0.2, -0.15) is 0 Å². The third-order valence-corrected chi connectivity index (χ3v) is 5.14. The number of thiocarbonyl (C=S) groups is 1. The van der Waals surface area contributed by atoms with E-state index in [1.807, 2.05) is 24.3 Å². The fourth-order valence-electron chi connectivity index (χ4n) is 3.39. The van der Waals surface area contributed by atoms with Crippen LogP contribution in [-0.2, 0) is 0 Å². The van der Waals surface area contributed by atoms with Crippen molar-refractivity contribution in [3.05, 3.63) is 66.7 Å². The highest BCUT2D eigenvalue weighted by Crippen LogP contribution is 2.23. The van der Waals surface area contributed by atoms with Gasteiger partial charge in [0.15, 0.2) is 5.11 Å². The topological polar surface area (TPSA) is 36.5 Å². The van der Waals surface area contributed by atoms with Crippen LogP contribution in [0.2, 0.25) is 0 Å². The van der Waals surface area contributed by atoms with Crippen molar-refractivity contribution in [3.63, 3.8) is 0 Å². The molecule has 0 amide bonds. The van der Waals surface area contributed by atoms with E-state index in [1.54, 1.807) is 6.08 Å². The normalized spacial score (nSPS) is 14.8. The molecule has 1 fully saturated rings. The molecule has 2 aromatic carbocycles. The van der Waals surface area contributed by atoms with Gasteiger partial charge in [0.05, 0.1) is 6.04 Å². The summed E-state index contributed by atoms with van der Waals surface area (Å²) in [5.41, 5.74) is 3.42. The first-order chi connectivity index (χ1) is 13.7. The molecule has 1 heterocycles. The predicted molar refractivity (Wildman–Crippen MR) is 122 cm³/mol. The van der Waals surface area contributed by atoms with Gasteiger partial charge in [-0.25, -0.2) is 0 Å². The van der Waals surface area contributed by atoms with Crippen molar-refractivity contribution >= 4 is 28.7 Å². The van der Waals surface area contributed by atoms with E-state index in [0.717, 1.165) is 24.5 Å². The van der Waals surface area contributed by atoms with E-state index >= 15 is 0 Å². The van der Waals surface area contributed by atoms with Gasteiger partial charge in [0.2, 0.25) is 0 Å². The fourth-order valence-corrected chi connectivity index (χ4v) is 3.69. The molecule has 5 heteroatoms. The number of rotatable bonds is 7. The second-order valence-corrected chi connectivity index (χ2v) is 7.50. The Morgan fingerprint density at radius 3 is 2.64 bits per heavy atom. The molecule has 28 heavy (non-hydrogen) atoms. The average molecular weight is 396 g/mol. The Labute approximate surface area is 173 Å². The van der Waals surface area contributed by atoms with Crippen molar-refractivity contribution in [1.29, 1.82) is 0 Å². The zero-order valence-electron chi connectivity index (χ0n) is 16.5. The average Bonchev–Trinajstić information content (AvgIpc) is 2.73. The van der Waals surface area contributed by atoms with Crippen molar-refractivity contribution < 1.29 is 4.74 Å². The molecule has 148 valence electrons. The smallest absolute Gasteiger partial charge is 0.171 e. The maximum atomic E-state index is 5.56. The van der Waals surface area contributed by atoms with Crippen LogP contribution in [0.25, 0.3) is 0 Å². The Bertz CT molecular complexity index is 785. The summed E-state index contributed by atoms with van der Waals surface area (Å²) in [6, 6.07) is 16.7. The first kappa shape index (κ1) is 20.2. The minimum Gasteiger partial charge on any atom is -0.489 e. The first-order valence-corrected chi connectivity index (χ1v) is 10.3. The molecule has 1 unspecified atom stereocenters. The molecule has 2 aromatic rings. The van der Waals surface area contributed by atoms with E-state index in [9.17, 15) is 0 Å². The molecular formula is C23H29N3OS. The van der Waals surface area contributed by atoms with Crippen LogP contribution in [0.3, 0.4) is 0 Å². The van der Waals surface area contributed by atoms with Crippen molar-refractivity contribution in [2.75, 3.05) is 29.9 Å². The zero-order valence-corrected chi connectivity index (χ0v) is 17.3. The minimum absolute atomic E-state index is 0.121. The third-order valence-electron chi connectivity index (χ3n) is 4.92. The molecule has 2 N–H and O–H groups in total. The van der Waals surface area contributed by atoms with Gasteiger partial charge in [-0.15, -0.1) is 0 Å². The molecule has 0 spiro atoms.